The van der Waals surface area contributed by atoms with E-state index in [0.29, 0.717) is 0 Å². The van der Waals surface area contributed by atoms with Crippen molar-refractivity contribution in [3.05, 3.63) is 0 Å². The van der Waals surface area contributed by atoms with Crippen LogP contribution in [0.15, 0.2) is 0 Å². The van der Waals surface area contributed by atoms with E-state index in [4.69, 9.17) is 30.1 Å². The molecule has 0 aromatic rings. The summed E-state index contributed by atoms with van der Waals surface area (Å²) >= 11 is 0. The minimum atomic E-state index is -4.85. The maximum atomic E-state index is 10.2. The Labute approximate surface area is 132 Å². The summed E-state index contributed by atoms with van der Waals surface area (Å²) in [6.07, 6.45) is -8.83. The first kappa shape index (κ1) is 20.8. The Bertz CT molecular complexity index is 355. The molecule has 0 aromatic heterocycles. The molecule has 0 heterocycles. The number of aliphatic carboxylic acids is 1. The Morgan fingerprint density at radius 3 is 1.89 bits per heavy atom. The van der Waals surface area contributed by atoms with Crippen molar-refractivity contribution < 1.29 is 47.5 Å². The van der Waals surface area contributed by atoms with Crippen LogP contribution in [0.1, 0.15) is 0 Å². The fourth-order valence-corrected chi connectivity index (χ4v) is 1.13. The van der Waals surface area contributed by atoms with E-state index in [1.807, 2.05) is 0 Å². The molecule has 0 fully saturated rings. The van der Waals surface area contributed by atoms with Gasteiger partial charge in [0, 0.05) is 0 Å². The summed E-state index contributed by atoms with van der Waals surface area (Å²) in [6, 6.07) is 0. The first-order valence-electron chi connectivity index (χ1n) is 4.13. The van der Waals surface area contributed by atoms with Gasteiger partial charge in [-0.15, -0.1) is 0 Å². The normalized spacial score (nSPS) is 18.3. The van der Waals surface area contributed by atoms with Crippen molar-refractivity contribution in [3.8, 4) is 0 Å². The van der Waals surface area contributed by atoms with Crippen LogP contribution >= 0.6 is 0 Å². The third kappa shape index (κ3) is 7.78. The molecule has 0 aliphatic carbocycles. The van der Waals surface area contributed by atoms with Crippen LogP contribution in [0, 0.1) is 0 Å². The molecule has 0 saturated heterocycles. The number of aliphatic hydroxyl groups excluding tert-OH is 4. The zero-order valence-electron chi connectivity index (χ0n) is 8.24. The van der Waals surface area contributed by atoms with Crippen LogP contribution in [0.3, 0.4) is 0 Å². The molecule has 0 bridgehead atoms. The monoisotopic (exact) mass is 318 g/mol. The molecule has 0 saturated carbocycles. The molecule has 0 spiro atoms. The van der Waals surface area contributed by atoms with Gasteiger partial charge in [-0.25, -0.2) is 8.98 Å². The first-order valence-corrected chi connectivity index (χ1v) is 5.49. The Morgan fingerprint density at radius 2 is 1.56 bits per heavy atom. The average molecular weight is 318 g/mol. The molecular formula is C6H14CaO10S. The molecule has 0 radical (unpaired) electrons. The second-order valence-corrected chi connectivity index (χ2v) is 4.14. The van der Waals surface area contributed by atoms with Gasteiger partial charge in [0.05, 0.1) is 6.61 Å². The van der Waals surface area contributed by atoms with Gasteiger partial charge in [0.1, 0.15) is 18.3 Å². The van der Waals surface area contributed by atoms with Gasteiger partial charge in [-0.1, -0.05) is 0 Å². The van der Waals surface area contributed by atoms with Crippen molar-refractivity contribution in [1.82, 2.24) is 0 Å². The Morgan fingerprint density at radius 1 is 1.11 bits per heavy atom. The number of hydrogen-bond donors (Lipinski definition) is 6. The summed E-state index contributed by atoms with van der Waals surface area (Å²) in [5, 5.41) is 44.3. The van der Waals surface area contributed by atoms with Crippen molar-refractivity contribution in [2.45, 2.75) is 24.4 Å². The Balaban J connectivity index is 0. The molecule has 0 aliphatic rings. The topological polar surface area (TPSA) is 182 Å². The molecule has 4 atom stereocenters. The molecular weight excluding hydrogens is 304 g/mol. The Hall–Kier alpha value is 0.440. The molecule has 6 N–H and O–H groups in total. The fraction of sp³-hybridized carbons (Fsp3) is 0.833. The van der Waals surface area contributed by atoms with Crippen LogP contribution in [0.2, 0.25) is 0 Å². The molecule has 0 amide bonds. The minimum absolute atomic E-state index is 0. The van der Waals surface area contributed by atoms with E-state index in [-0.39, 0.29) is 37.7 Å². The van der Waals surface area contributed by atoms with Crippen molar-refractivity contribution in [1.29, 1.82) is 0 Å². The molecule has 12 heteroatoms. The SMILES string of the molecule is O=C(O)C(O)C(O)C(O)C(O)COS(=O)(=O)O.[CaH2]. The molecule has 4 unspecified atom stereocenters. The van der Waals surface area contributed by atoms with Crippen molar-refractivity contribution in [2.24, 2.45) is 0 Å². The van der Waals surface area contributed by atoms with E-state index in [1.165, 1.54) is 0 Å². The van der Waals surface area contributed by atoms with E-state index in [9.17, 15) is 13.2 Å². The summed E-state index contributed by atoms with van der Waals surface area (Å²) in [5.74, 6) is -1.85. The van der Waals surface area contributed by atoms with Crippen LogP contribution in [0.4, 0.5) is 0 Å². The molecule has 0 rings (SSSR count). The van der Waals surface area contributed by atoms with Gasteiger partial charge in [-0.3, -0.25) is 4.55 Å². The van der Waals surface area contributed by atoms with Crippen LogP contribution in [0.5, 0.6) is 0 Å². The van der Waals surface area contributed by atoms with Gasteiger partial charge in [-0.2, -0.15) is 8.42 Å². The van der Waals surface area contributed by atoms with Crippen LogP contribution in [-0.2, 0) is 19.4 Å². The second kappa shape index (κ2) is 8.58. The van der Waals surface area contributed by atoms with Gasteiger partial charge in [0.15, 0.2) is 6.10 Å². The number of carboxylic acid groups (broad SMARTS) is 1. The number of hydrogen-bond acceptors (Lipinski definition) is 8. The van der Waals surface area contributed by atoms with Gasteiger partial charge in [0.2, 0.25) is 0 Å². The molecule has 10 nitrogen and oxygen atoms in total. The third-order valence-electron chi connectivity index (χ3n) is 1.71. The number of carbonyl (C=O) groups is 1. The summed E-state index contributed by atoms with van der Waals surface area (Å²) in [4.78, 5) is 10.2. The quantitative estimate of drug-likeness (QED) is 0.197. The molecule has 106 valence electrons. The van der Waals surface area contributed by atoms with Crippen LogP contribution < -0.4 is 0 Å². The summed E-state index contributed by atoms with van der Waals surface area (Å²) in [6.45, 7) is -1.12. The summed E-state index contributed by atoms with van der Waals surface area (Å²) in [5.41, 5.74) is 0. The summed E-state index contributed by atoms with van der Waals surface area (Å²) < 4.78 is 32.0. The zero-order chi connectivity index (χ0) is 13.8. The fourth-order valence-electron chi connectivity index (χ4n) is 0.815. The van der Waals surface area contributed by atoms with E-state index >= 15 is 0 Å². The van der Waals surface area contributed by atoms with Gasteiger partial charge < -0.3 is 25.5 Å². The number of rotatable bonds is 7. The van der Waals surface area contributed by atoms with Crippen molar-refractivity contribution >= 4 is 54.1 Å². The van der Waals surface area contributed by atoms with E-state index < -0.39 is 47.4 Å². The van der Waals surface area contributed by atoms with Gasteiger partial charge >= 0.3 is 54.1 Å². The zero-order valence-corrected chi connectivity index (χ0v) is 9.06. The van der Waals surface area contributed by atoms with Crippen LogP contribution in [-0.4, -0.2) is 113 Å². The predicted octanol–water partition coefficient (Wildman–Crippen LogP) is -4.58. The molecule has 0 aliphatic heterocycles. The van der Waals surface area contributed by atoms with E-state index in [1.54, 1.807) is 0 Å². The van der Waals surface area contributed by atoms with Crippen molar-refractivity contribution in [3.63, 3.8) is 0 Å². The number of carboxylic acids is 1. The predicted molar refractivity (Wildman–Crippen MR) is 57.7 cm³/mol. The number of aliphatic hydroxyl groups is 4. The van der Waals surface area contributed by atoms with E-state index in [2.05, 4.69) is 4.18 Å². The summed E-state index contributed by atoms with van der Waals surface area (Å²) in [7, 11) is -4.85. The molecule has 0 aromatic carbocycles. The van der Waals surface area contributed by atoms with Crippen molar-refractivity contribution in [2.75, 3.05) is 6.61 Å². The average Bonchev–Trinajstić information content (AvgIpc) is 2.21. The Kier molecular flexibility index (Phi) is 9.89. The maximum absolute atomic E-state index is 10.2. The van der Waals surface area contributed by atoms with Gasteiger partial charge in [-0.05, 0) is 0 Å². The van der Waals surface area contributed by atoms with Gasteiger partial charge in [0.25, 0.3) is 0 Å². The second-order valence-electron chi connectivity index (χ2n) is 3.04. The third-order valence-corrected chi connectivity index (χ3v) is 2.14. The standard InChI is InChI=1S/C6H12O10S.Ca.2H/c7-2(1-16-17(13,14)15)3(8)4(9)5(10)6(11)12;;;/h2-5,7-10H,1H2,(H,11,12)(H,13,14,15);;;. The van der Waals surface area contributed by atoms with E-state index in [0.717, 1.165) is 0 Å². The molecule has 18 heavy (non-hydrogen) atoms. The first-order chi connectivity index (χ1) is 7.56. The van der Waals surface area contributed by atoms with Crippen LogP contribution in [0.25, 0.3) is 0 Å².